The lowest BCUT2D eigenvalue weighted by Crippen LogP contribution is -2.35. The highest BCUT2D eigenvalue weighted by Gasteiger charge is 2.33. The fraction of sp³-hybridized carbons (Fsp3) is 0.375. The molecule has 4 rings (SSSR count). The van der Waals surface area contributed by atoms with Crippen LogP contribution in [0.1, 0.15) is 25.0 Å². The van der Waals surface area contributed by atoms with E-state index < -0.39 is 0 Å². The molecule has 0 bridgehead atoms. The molecule has 21 heavy (non-hydrogen) atoms. The van der Waals surface area contributed by atoms with Gasteiger partial charge in [-0.15, -0.1) is 0 Å². The number of hydrogen-bond acceptors (Lipinski definition) is 3. The largest absolute Gasteiger partial charge is 0.397 e. The van der Waals surface area contributed by atoms with E-state index in [1.54, 1.807) is 6.20 Å². The number of nitrogens with two attached hydrogens (primary N) is 1. The van der Waals surface area contributed by atoms with Crippen LogP contribution in [0.25, 0.3) is 16.6 Å². The lowest BCUT2D eigenvalue weighted by Gasteiger charge is -2.26. The molecule has 0 atom stereocenters. The van der Waals surface area contributed by atoms with Gasteiger partial charge in [-0.25, -0.2) is 4.98 Å². The third-order valence-electron chi connectivity index (χ3n) is 4.28. The SMILES string of the molecule is Nc1cnc2[nH]c(C3=CCN(C(=O)C4CC4)CC3)cc2c1. The van der Waals surface area contributed by atoms with Crippen molar-refractivity contribution in [2.45, 2.75) is 19.3 Å². The number of pyridine rings is 1. The van der Waals surface area contributed by atoms with Crippen molar-refractivity contribution in [1.82, 2.24) is 14.9 Å². The van der Waals surface area contributed by atoms with Crippen LogP contribution < -0.4 is 5.73 Å². The van der Waals surface area contributed by atoms with Crippen molar-refractivity contribution in [3.8, 4) is 0 Å². The molecular weight excluding hydrogens is 264 g/mol. The zero-order valence-corrected chi connectivity index (χ0v) is 11.8. The first-order chi connectivity index (χ1) is 10.2. The first-order valence-corrected chi connectivity index (χ1v) is 7.43. The van der Waals surface area contributed by atoms with Crippen LogP contribution in [0.3, 0.4) is 0 Å². The third-order valence-corrected chi connectivity index (χ3v) is 4.28. The van der Waals surface area contributed by atoms with E-state index in [4.69, 9.17) is 5.73 Å². The van der Waals surface area contributed by atoms with Crippen molar-refractivity contribution >= 4 is 28.2 Å². The second kappa shape index (κ2) is 4.62. The third kappa shape index (κ3) is 2.28. The lowest BCUT2D eigenvalue weighted by molar-refractivity contribution is -0.132. The number of hydrogen-bond donors (Lipinski definition) is 2. The molecule has 2 aromatic rings. The average Bonchev–Trinajstić information content (AvgIpc) is 3.26. The molecule has 108 valence electrons. The van der Waals surface area contributed by atoms with Crippen LogP contribution in [0.2, 0.25) is 0 Å². The zero-order valence-electron chi connectivity index (χ0n) is 11.8. The molecule has 2 aliphatic rings. The first kappa shape index (κ1) is 12.4. The highest BCUT2D eigenvalue weighted by Crippen LogP contribution is 2.33. The molecule has 3 N–H and O–H groups in total. The van der Waals surface area contributed by atoms with Gasteiger partial charge < -0.3 is 15.6 Å². The number of fused-ring (bicyclic) bond motifs is 1. The van der Waals surface area contributed by atoms with Crippen molar-refractivity contribution < 1.29 is 4.79 Å². The predicted octanol–water partition coefficient (Wildman–Crippen LogP) is 2.17. The Hall–Kier alpha value is -2.30. The van der Waals surface area contributed by atoms with Gasteiger partial charge in [0.1, 0.15) is 5.65 Å². The summed E-state index contributed by atoms with van der Waals surface area (Å²) in [5, 5.41) is 1.03. The van der Waals surface area contributed by atoms with Gasteiger partial charge in [-0.1, -0.05) is 6.08 Å². The van der Waals surface area contributed by atoms with Gasteiger partial charge in [-0.2, -0.15) is 0 Å². The lowest BCUT2D eigenvalue weighted by atomic mass is 10.0. The van der Waals surface area contributed by atoms with Crippen molar-refractivity contribution in [3.63, 3.8) is 0 Å². The Bertz CT molecular complexity index is 742. The van der Waals surface area contributed by atoms with Gasteiger partial charge in [0, 0.05) is 30.1 Å². The highest BCUT2D eigenvalue weighted by molar-refractivity contribution is 5.85. The second-order valence-electron chi connectivity index (χ2n) is 5.93. The van der Waals surface area contributed by atoms with Gasteiger partial charge >= 0.3 is 0 Å². The Morgan fingerprint density at radius 3 is 2.95 bits per heavy atom. The molecular formula is C16H18N4O. The number of nitrogens with zero attached hydrogens (tertiary/aromatic N) is 2. The number of carbonyl (C=O) groups is 1. The summed E-state index contributed by atoms with van der Waals surface area (Å²) in [6.07, 6.45) is 6.84. The Kier molecular flexibility index (Phi) is 2.74. The van der Waals surface area contributed by atoms with E-state index >= 15 is 0 Å². The number of amides is 1. The maximum Gasteiger partial charge on any atom is 0.225 e. The number of nitrogens with one attached hydrogen (secondary N) is 1. The van der Waals surface area contributed by atoms with Crippen LogP contribution in [-0.4, -0.2) is 33.9 Å². The summed E-state index contributed by atoms with van der Waals surface area (Å²) < 4.78 is 0. The Morgan fingerprint density at radius 2 is 2.24 bits per heavy atom. The molecule has 1 amide bonds. The minimum atomic E-state index is 0.306. The molecule has 0 spiro atoms. The molecule has 2 aromatic heterocycles. The van der Waals surface area contributed by atoms with Crippen LogP contribution >= 0.6 is 0 Å². The van der Waals surface area contributed by atoms with Gasteiger partial charge in [0.2, 0.25) is 5.91 Å². The van der Waals surface area contributed by atoms with E-state index in [1.165, 1.54) is 5.57 Å². The molecule has 1 aliphatic carbocycles. The summed E-state index contributed by atoms with van der Waals surface area (Å²) in [6.45, 7) is 1.53. The maximum absolute atomic E-state index is 12.0. The van der Waals surface area contributed by atoms with Crippen LogP contribution in [-0.2, 0) is 4.79 Å². The molecule has 0 saturated heterocycles. The van der Waals surface area contributed by atoms with Crippen LogP contribution in [0.15, 0.2) is 24.4 Å². The van der Waals surface area contributed by atoms with E-state index in [-0.39, 0.29) is 0 Å². The van der Waals surface area contributed by atoms with Gasteiger partial charge in [0.15, 0.2) is 0 Å². The fourth-order valence-electron chi connectivity index (χ4n) is 2.91. The number of aromatic amines is 1. The number of aromatic nitrogens is 2. The van der Waals surface area contributed by atoms with E-state index in [0.717, 1.165) is 49.1 Å². The van der Waals surface area contributed by atoms with E-state index in [0.29, 0.717) is 17.5 Å². The van der Waals surface area contributed by atoms with Gasteiger partial charge in [0.05, 0.1) is 11.9 Å². The fourth-order valence-corrected chi connectivity index (χ4v) is 2.91. The summed E-state index contributed by atoms with van der Waals surface area (Å²) in [6, 6.07) is 4.01. The quantitative estimate of drug-likeness (QED) is 0.886. The van der Waals surface area contributed by atoms with E-state index in [1.807, 2.05) is 11.0 Å². The Labute approximate surface area is 122 Å². The van der Waals surface area contributed by atoms with Gasteiger partial charge in [-0.3, -0.25) is 4.79 Å². The topological polar surface area (TPSA) is 75.0 Å². The van der Waals surface area contributed by atoms with Crippen LogP contribution in [0.5, 0.6) is 0 Å². The molecule has 5 nitrogen and oxygen atoms in total. The van der Waals surface area contributed by atoms with Crippen molar-refractivity contribution in [2.24, 2.45) is 5.92 Å². The average molecular weight is 282 g/mol. The summed E-state index contributed by atoms with van der Waals surface area (Å²) in [4.78, 5) is 21.7. The smallest absolute Gasteiger partial charge is 0.225 e. The summed E-state index contributed by atoms with van der Waals surface area (Å²) in [5.74, 6) is 0.636. The zero-order chi connectivity index (χ0) is 14.4. The molecule has 0 unspecified atom stereocenters. The van der Waals surface area contributed by atoms with Gasteiger partial charge in [0.25, 0.3) is 0 Å². The monoisotopic (exact) mass is 282 g/mol. The summed E-state index contributed by atoms with van der Waals surface area (Å²) in [7, 11) is 0. The van der Waals surface area contributed by atoms with Gasteiger partial charge in [-0.05, 0) is 37.0 Å². The number of rotatable bonds is 2. The molecule has 1 saturated carbocycles. The predicted molar refractivity (Wildman–Crippen MR) is 82.4 cm³/mol. The van der Waals surface area contributed by atoms with Crippen molar-refractivity contribution in [2.75, 3.05) is 18.8 Å². The Balaban J connectivity index is 1.56. The van der Waals surface area contributed by atoms with Crippen LogP contribution in [0, 0.1) is 5.92 Å². The first-order valence-electron chi connectivity index (χ1n) is 7.43. The molecule has 0 aromatic carbocycles. The van der Waals surface area contributed by atoms with E-state index in [9.17, 15) is 4.79 Å². The number of H-pyrrole nitrogens is 1. The number of nitrogen functional groups attached to an aromatic ring is 1. The second-order valence-corrected chi connectivity index (χ2v) is 5.93. The maximum atomic E-state index is 12.0. The summed E-state index contributed by atoms with van der Waals surface area (Å²) in [5.41, 5.74) is 9.63. The standard InChI is InChI=1S/C16H18N4O/c17-13-7-12-8-14(19-15(12)18-9-13)10-3-5-20(6-4-10)16(21)11-1-2-11/h3,7-9,11H,1-2,4-6,17H2,(H,18,19). The molecule has 3 heterocycles. The van der Waals surface area contributed by atoms with E-state index in [2.05, 4.69) is 22.1 Å². The normalized spacial score (nSPS) is 18.9. The van der Waals surface area contributed by atoms with Crippen molar-refractivity contribution in [1.29, 1.82) is 0 Å². The molecule has 0 radical (unpaired) electrons. The highest BCUT2D eigenvalue weighted by atomic mass is 16.2. The summed E-state index contributed by atoms with van der Waals surface area (Å²) >= 11 is 0. The molecule has 1 fully saturated rings. The molecule has 1 aliphatic heterocycles. The minimum absolute atomic E-state index is 0.306. The minimum Gasteiger partial charge on any atom is -0.397 e. The number of anilines is 1. The molecule has 5 heteroatoms. The number of carbonyl (C=O) groups excluding carboxylic acids is 1. The Morgan fingerprint density at radius 1 is 1.38 bits per heavy atom. The van der Waals surface area contributed by atoms with Crippen LogP contribution in [0.4, 0.5) is 5.69 Å². The van der Waals surface area contributed by atoms with Crippen molar-refractivity contribution in [3.05, 3.63) is 30.1 Å².